The number of benzene rings is 1. The number of hydrogen-bond acceptors (Lipinski definition) is 3. The fourth-order valence-corrected chi connectivity index (χ4v) is 1.42. The van der Waals surface area contributed by atoms with Gasteiger partial charge >= 0.3 is 6.09 Å². The van der Waals surface area contributed by atoms with Crippen molar-refractivity contribution in [3.8, 4) is 0 Å². The molecule has 0 aliphatic rings. The average Bonchev–Trinajstić information content (AvgIpc) is 2.34. The van der Waals surface area contributed by atoms with Crippen molar-refractivity contribution in [3.63, 3.8) is 0 Å². The molecule has 0 radical (unpaired) electrons. The van der Waals surface area contributed by atoms with Crippen LogP contribution < -0.4 is 0 Å². The Morgan fingerprint density at radius 3 is 2.76 bits per heavy atom. The third kappa shape index (κ3) is 3.42. The van der Waals surface area contributed by atoms with Crippen LogP contribution in [0.4, 0.5) is 9.18 Å². The lowest BCUT2D eigenvalue weighted by Gasteiger charge is -2.24. The van der Waals surface area contributed by atoms with Crippen molar-refractivity contribution in [2.75, 3.05) is 20.3 Å². The summed E-state index contributed by atoms with van der Waals surface area (Å²) >= 11 is 0. The van der Waals surface area contributed by atoms with E-state index in [-0.39, 0.29) is 19.0 Å². The summed E-state index contributed by atoms with van der Waals surface area (Å²) in [5.41, 5.74) is 0.427. The van der Waals surface area contributed by atoms with Crippen molar-refractivity contribution in [1.29, 1.82) is 0 Å². The summed E-state index contributed by atoms with van der Waals surface area (Å²) in [5.74, 6) is -0.359. The van der Waals surface area contributed by atoms with Gasteiger partial charge in [-0.1, -0.05) is 18.2 Å². The van der Waals surface area contributed by atoms with Gasteiger partial charge in [0.2, 0.25) is 0 Å². The number of amides is 1. The first-order chi connectivity index (χ1) is 8.07. The van der Waals surface area contributed by atoms with Gasteiger partial charge in [0.1, 0.15) is 12.4 Å². The van der Waals surface area contributed by atoms with E-state index in [9.17, 15) is 9.18 Å². The van der Waals surface area contributed by atoms with Crippen LogP contribution in [0.2, 0.25) is 0 Å². The van der Waals surface area contributed by atoms with Gasteiger partial charge in [-0.3, -0.25) is 0 Å². The third-order valence-corrected chi connectivity index (χ3v) is 2.54. The molecule has 1 atom stereocenters. The molecule has 0 aromatic heterocycles. The molecule has 1 N–H and O–H groups in total. The van der Waals surface area contributed by atoms with Gasteiger partial charge in [0, 0.05) is 12.6 Å². The van der Waals surface area contributed by atoms with E-state index in [4.69, 9.17) is 9.84 Å². The highest BCUT2D eigenvalue weighted by Gasteiger charge is 2.20. The maximum absolute atomic E-state index is 13.5. The summed E-state index contributed by atoms with van der Waals surface area (Å²) in [5, 5.41) is 8.54. The topological polar surface area (TPSA) is 49.8 Å². The van der Waals surface area contributed by atoms with Crippen molar-refractivity contribution in [1.82, 2.24) is 4.90 Å². The summed E-state index contributed by atoms with van der Waals surface area (Å²) in [7, 11) is 1.52. The van der Waals surface area contributed by atoms with Crippen molar-refractivity contribution in [2.45, 2.75) is 13.0 Å². The Labute approximate surface area is 99.6 Å². The molecular weight excluding hydrogens is 225 g/mol. The van der Waals surface area contributed by atoms with Crippen molar-refractivity contribution < 1.29 is 19.0 Å². The number of carbonyl (C=O) groups is 1. The smallest absolute Gasteiger partial charge is 0.410 e. The second-order valence-corrected chi connectivity index (χ2v) is 3.65. The minimum atomic E-state index is -0.588. The molecular formula is C12H16FNO3. The van der Waals surface area contributed by atoms with Gasteiger partial charge < -0.3 is 14.7 Å². The first-order valence-electron chi connectivity index (χ1n) is 5.32. The van der Waals surface area contributed by atoms with Gasteiger partial charge in [0.05, 0.1) is 12.6 Å². The molecule has 5 heteroatoms. The van der Waals surface area contributed by atoms with Crippen LogP contribution in [-0.2, 0) is 4.74 Å². The molecule has 0 saturated heterocycles. The predicted octanol–water partition coefficient (Wildman–Crippen LogP) is 1.95. The summed E-state index contributed by atoms with van der Waals surface area (Å²) < 4.78 is 18.2. The summed E-state index contributed by atoms with van der Waals surface area (Å²) in [4.78, 5) is 12.8. The third-order valence-electron chi connectivity index (χ3n) is 2.54. The fraction of sp³-hybridized carbons (Fsp3) is 0.417. The van der Waals surface area contributed by atoms with E-state index < -0.39 is 12.1 Å². The molecule has 0 fully saturated rings. The molecule has 1 aromatic carbocycles. The predicted molar refractivity (Wildman–Crippen MR) is 61.0 cm³/mol. The van der Waals surface area contributed by atoms with E-state index in [1.54, 1.807) is 25.1 Å². The zero-order valence-electron chi connectivity index (χ0n) is 9.89. The average molecular weight is 241 g/mol. The Morgan fingerprint density at radius 1 is 1.53 bits per heavy atom. The van der Waals surface area contributed by atoms with Crippen LogP contribution in [0.15, 0.2) is 24.3 Å². The number of carbonyl (C=O) groups excluding carboxylic acids is 1. The summed E-state index contributed by atoms with van der Waals surface area (Å²) in [6.45, 7) is 1.42. The van der Waals surface area contributed by atoms with E-state index in [0.717, 1.165) is 0 Å². The maximum Gasteiger partial charge on any atom is 0.410 e. The van der Waals surface area contributed by atoms with Gasteiger partial charge in [-0.2, -0.15) is 0 Å². The van der Waals surface area contributed by atoms with E-state index in [2.05, 4.69) is 0 Å². The Kier molecular flexibility index (Phi) is 4.90. The first kappa shape index (κ1) is 13.4. The second kappa shape index (κ2) is 6.20. The van der Waals surface area contributed by atoms with Crippen LogP contribution in [-0.4, -0.2) is 36.4 Å². The molecule has 0 heterocycles. The van der Waals surface area contributed by atoms with Gasteiger partial charge in [-0.15, -0.1) is 0 Å². The number of rotatable bonds is 4. The Balaban J connectivity index is 2.72. The molecule has 94 valence electrons. The van der Waals surface area contributed by atoms with Gasteiger partial charge in [0.15, 0.2) is 0 Å². The second-order valence-electron chi connectivity index (χ2n) is 3.65. The lowest BCUT2D eigenvalue weighted by molar-refractivity contribution is 0.0815. The molecule has 0 aliphatic heterocycles. The number of nitrogens with zero attached hydrogens (tertiary/aromatic N) is 1. The van der Waals surface area contributed by atoms with Gasteiger partial charge in [0.25, 0.3) is 0 Å². The van der Waals surface area contributed by atoms with Gasteiger partial charge in [-0.05, 0) is 13.0 Å². The van der Waals surface area contributed by atoms with Crippen molar-refractivity contribution >= 4 is 6.09 Å². The van der Waals surface area contributed by atoms with Crippen molar-refractivity contribution in [2.24, 2.45) is 0 Å². The molecule has 0 spiro atoms. The van der Waals surface area contributed by atoms with Crippen LogP contribution in [0.3, 0.4) is 0 Å². The zero-order chi connectivity index (χ0) is 12.8. The zero-order valence-corrected chi connectivity index (χ0v) is 9.89. The van der Waals surface area contributed by atoms with Crippen LogP contribution in [0.1, 0.15) is 18.5 Å². The van der Waals surface area contributed by atoms with E-state index >= 15 is 0 Å². The Hall–Kier alpha value is -1.62. The Morgan fingerprint density at radius 2 is 2.18 bits per heavy atom. The van der Waals surface area contributed by atoms with E-state index in [1.807, 2.05) is 0 Å². The molecule has 0 bridgehead atoms. The molecule has 1 amide bonds. The van der Waals surface area contributed by atoms with E-state index in [0.29, 0.717) is 5.56 Å². The Bertz CT molecular complexity index is 384. The van der Waals surface area contributed by atoms with Crippen molar-refractivity contribution in [3.05, 3.63) is 35.6 Å². The quantitative estimate of drug-likeness (QED) is 0.876. The monoisotopic (exact) mass is 241 g/mol. The standard InChI is InChI=1S/C12H16FNO3/c1-9(10-5-3-4-6-11(10)13)14(2)12(16)17-8-7-15/h3-6,9,15H,7-8H2,1-2H3. The van der Waals surface area contributed by atoms with Crippen LogP contribution in [0.5, 0.6) is 0 Å². The minimum Gasteiger partial charge on any atom is -0.447 e. The van der Waals surface area contributed by atoms with Crippen LogP contribution in [0.25, 0.3) is 0 Å². The summed E-state index contributed by atoms with van der Waals surface area (Å²) in [6.07, 6.45) is -0.588. The molecule has 4 nitrogen and oxygen atoms in total. The highest BCUT2D eigenvalue weighted by atomic mass is 19.1. The highest BCUT2D eigenvalue weighted by molar-refractivity contribution is 5.67. The molecule has 1 aromatic rings. The molecule has 1 rings (SSSR count). The molecule has 0 saturated carbocycles. The SMILES string of the molecule is CC(c1ccccc1F)N(C)C(=O)OCCO. The lowest BCUT2D eigenvalue weighted by atomic mass is 10.1. The number of halogens is 1. The molecule has 1 unspecified atom stereocenters. The largest absolute Gasteiger partial charge is 0.447 e. The fourth-order valence-electron chi connectivity index (χ4n) is 1.42. The number of aliphatic hydroxyl groups is 1. The first-order valence-corrected chi connectivity index (χ1v) is 5.32. The lowest BCUT2D eigenvalue weighted by Crippen LogP contribution is -2.31. The number of hydrogen-bond donors (Lipinski definition) is 1. The normalized spacial score (nSPS) is 12.0. The van der Waals surface area contributed by atoms with E-state index in [1.165, 1.54) is 18.0 Å². The summed E-state index contributed by atoms with van der Waals surface area (Å²) in [6, 6.07) is 5.84. The highest BCUT2D eigenvalue weighted by Crippen LogP contribution is 2.21. The van der Waals surface area contributed by atoms with Crippen LogP contribution >= 0.6 is 0 Å². The molecule has 17 heavy (non-hydrogen) atoms. The number of ether oxygens (including phenoxy) is 1. The van der Waals surface area contributed by atoms with Crippen LogP contribution in [0, 0.1) is 5.82 Å². The minimum absolute atomic E-state index is 0.0623. The van der Waals surface area contributed by atoms with Gasteiger partial charge in [-0.25, -0.2) is 9.18 Å². The molecule has 0 aliphatic carbocycles. The number of aliphatic hydroxyl groups excluding tert-OH is 1. The maximum atomic E-state index is 13.5.